The maximum Gasteiger partial charge on any atom is 0.534 e. The molecule has 0 atom stereocenters. The van der Waals surface area contributed by atoms with Crippen LogP contribution in [0.2, 0.25) is 16.6 Å². The van der Waals surface area contributed by atoms with Crippen molar-refractivity contribution in [2.24, 2.45) is 0 Å². The van der Waals surface area contributed by atoms with Gasteiger partial charge >= 0.3 is 15.6 Å². The molecule has 2 aromatic carbocycles. The third kappa shape index (κ3) is 4.91. The second-order valence-electron chi connectivity index (χ2n) is 8.66. The maximum atomic E-state index is 13.0. The molecule has 2 aromatic rings. The van der Waals surface area contributed by atoms with Crippen molar-refractivity contribution in [1.29, 1.82) is 0 Å². The van der Waals surface area contributed by atoms with Crippen LogP contribution < -0.4 is 8.92 Å². The number of rotatable bonds is 6. The van der Waals surface area contributed by atoms with Crippen LogP contribution in [0, 0.1) is 11.5 Å². The Bertz CT molecular complexity index is 1120. The van der Waals surface area contributed by atoms with E-state index in [0.29, 0.717) is 27.6 Å². The molecule has 0 aliphatic rings. The summed E-state index contributed by atoms with van der Waals surface area (Å²) in [6.45, 7) is 12.9. The minimum absolute atomic E-state index is 0.172. The van der Waals surface area contributed by atoms with Crippen molar-refractivity contribution in [3.8, 4) is 23.0 Å². The molecule has 0 heterocycles. The Morgan fingerprint density at radius 2 is 1.53 bits per heavy atom. The number of fused-ring (bicyclic) bond motifs is 1. The normalized spacial score (nSPS) is 12.9. The molecule has 0 unspecified atom stereocenters. The zero-order valence-electron chi connectivity index (χ0n) is 19.3. The first kappa shape index (κ1) is 26.1. The van der Waals surface area contributed by atoms with Crippen molar-refractivity contribution in [3.63, 3.8) is 0 Å². The predicted molar refractivity (Wildman–Crippen MR) is 124 cm³/mol. The highest BCUT2D eigenvalue weighted by Crippen LogP contribution is 2.41. The Kier molecular flexibility index (Phi) is 7.62. The lowest BCUT2D eigenvalue weighted by Gasteiger charge is -2.38. The highest BCUT2D eigenvalue weighted by molar-refractivity contribution is 7.88. The van der Waals surface area contributed by atoms with E-state index < -0.39 is 29.4 Å². The molecule has 0 radical (unpaired) electrons. The van der Waals surface area contributed by atoms with Gasteiger partial charge in [-0.15, -0.1) is 5.54 Å². The number of benzene rings is 2. The van der Waals surface area contributed by atoms with Crippen LogP contribution in [0.3, 0.4) is 0 Å². The van der Waals surface area contributed by atoms with Gasteiger partial charge in [-0.2, -0.15) is 21.6 Å². The van der Waals surface area contributed by atoms with Crippen LogP contribution in [0.5, 0.6) is 11.5 Å². The number of hydrogen-bond acceptors (Lipinski definition) is 4. The van der Waals surface area contributed by atoms with Gasteiger partial charge in [0, 0.05) is 17.0 Å². The second kappa shape index (κ2) is 9.36. The fourth-order valence-corrected chi connectivity index (χ4v) is 10.1. The monoisotopic (exact) mass is 486 g/mol. The van der Waals surface area contributed by atoms with Gasteiger partial charge in [-0.25, -0.2) is 0 Å². The van der Waals surface area contributed by atoms with E-state index in [-0.39, 0.29) is 11.1 Å². The lowest BCUT2D eigenvalue weighted by atomic mass is 10.0. The number of methoxy groups -OCH3 is 1. The Labute approximate surface area is 189 Å². The molecule has 0 fully saturated rings. The van der Waals surface area contributed by atoms with Crippen LogP contribution >= 0.6 is 0 Å². The summed E-state index contributed by atoms with van der Waals surface area (Å²) >= 11 is 0. The molecule has 0 bridgehead atoms. The van der Waals surface area contributed by atoms with E-state index in [1.54, 1.807) is 24.3 Å². The Hall–Kier alpha value is -2.18. The van der Waals surface area contributed by atoms with Crippen molar-refractivity contribution < 1.29 is 30.5 Å². The number of hydrogen-bond donors (Lipinski definition) is 0. The summed E-state index contributed by atoms with van der Waals surface area (Å²) in [5, 5.41) is 0.669. The SMILES string of the molecule is COc1cc(OS(=O)(=O)C(F)(F)F)c2c(C#C[Si](C(C)C)(C(C)C)C(C)C)cccc2c1. The van der Waals surface area contributed by atoms with E-state index in [1.807, 2.05) is 0 Å². The average molecular weight is 487 g/mol. The van der Waals surface area contributed by atoms with E-state index in [2.05, 4.69) is 57.2 Å². The zero-order valence-corrected chi connectivity index (χ0v) is 21.1. The van der Waals surface area contributed by atoms with Gasteiger partial charge < -0.3 is 8.92 Å². The van der Waals surface area contributed by atoms with Gasteiger partial charge in [0.05, 0.1) is 7.11 Å². The molecule has 176 valence electrons. The molecule has 0 saturated heterocycles. The van der Waals surface area contributed by atoms with Crippen LogP contribution in [0.4, 0.5) is 13.2 Å². The van der Waals surface area contributed by atoms with Crippen molar-refractivity contribution in [3.05, 3.63) is 35.9 Å². The van der Waals surface area contributed by atoms with Gasteiger partial charge in [0.15, 0.2) is 5.75 Å². The molecule has 9 heteroatoms. The fourth-order valence-electron chi connectivity index (χ4n) is 4.42. The van der Waals surface area contributed by atoms with E-state index in [4.69, 9.17) is 4.74 Å². The minimum atomic E-state index is -5.86. The average Bonchev–Trinajstić information content (AvgIpc) is 2.66. The number of alkyl halides is 3. The molecule has 4 nitrogen and oxygen atoms in total. The fraction of sp³-hybridized carbons (Fsp3) is 0.478. The summed E-state index contributed by atoms with van der Waals surface area (Å²) in [5.41, 5.74) is -0.565. The van der Waals surface area contributed by atoms with Gasteiger partial charge in [0.1, 0.15) is 13.8 Å². The van der Waals surface area contributed by atoms with Gasteiger partial charge in [-0.1, -0.05) is 59.6 Å². The molecular weight excluding hydrogens is 457 g/mol. The summed E-state index contributed by atoms with van der Waals surface area (Å²) in [4.78, 5) is 0. The molecule has 2 rings (SSSR count). The summed E-state index contributed by atoms with van der Waals surface area (Å²) < 4.78 is 72.2. The lowest BCUT2D eigenvalue weighted by molar-refractivity contribution is -0.0499. The molecule has 0 aromatic heterocycles. The Morgan fingerprint density at radius 3 is 2.00 bits per heavy atom. The first-order valence-electron chi connectivity index (χ1n) is 10.3. The van der Waals surface area contributed by atoms with Crippen LogP contribution in [-0.2, 0) is 10.1 Å². The third-order valence-corrected chi connectivity index (χ3v) is 13.2. The molecular formula is C23H29F3O4SSi. The predicted octanol–water partition coefficient (Wildman–Crippen LogP) is 6.65. The zero-order chi connectivity index (χ0) is 24.5. The van der Waals surface area contributed by atoms with Gasteiger partial charge in [-0.05, 0) is 34.1 Å². The van der Waals surface area contributed by atoms with Crippen molar-refractivity contribution in [2.45, 2.75) is 63.7 Å². The summed E-state index contributed by atoms with van der Waals surface area (Å²) in [7, 11) is -6.66. The Morgan fingerprint density at radius 1 is 0.969 bits per heavy atom. The van der Waals surface area contributed by atoms with Crippen molar-refractivity contribution in [1.82, 2.24) is 0 Å². The molecule has 0 spiro atoms. The first-order valence-corrected chi connectivity index (χ1v) is 14.0. The Balaban J connectivity index is 2.83. The first-order chi connectivity index (χ1) is 14.7. The van der Waals surface area contributed by atoms with Crippen LogP contribution in [0.25, 0.3) is 10.8 Å². The highest BCUT2D eigenvalue weighted by Gasteiger charge is 2.49. The minimum Gasteiger partial charge on any atom is -0.497 e. The van der Waals surface area contributed by atoms with Crippen molar-refractivity contribution in [2.75, 3.05) is 7.11 Å². The van der Waals surface area contributed by atoms with E-state index in [0.717, 1.165) is 6.07 Å². The molecule has 0 aliphatic heterocycles. The van der Waals surface area contributed by atoms with Crippen LogP contribution in [0.1, 0.15) is 47.1 Å². The second-order valence-corrected chi connectivity index (χ2v) is 15.8. The highest BCUT2D eigenvalue weighted by atomic mass is 32.2. The van der Waals surface area contributed by atoms with Crippen molar-refractivity contribution >= 4 is 29.0 Å². The lowest BCUT2D eigenvalue weighted by Crippen LogP contribution is -2.43. The number of ether oxygens (including phenoxy) is 1. The van der Waals surface area contributed by atoms with Gasteiger partial charge in [0.25, 0.3) is 0 Å². The standard InChI is InChI=1S/C23H29F3O4SSi/c1-15(2)32(16(3)4,17(5)6)12-11-18-9-8-10-19-13-20(29-7)14-21(22(18)19)30-31(27,28)23(24,25)26/h8-10,13-17H,1-7H3. The number of halogens is 3. The molecule has 0 amide bonds. The smallest absolute Gasteiger partial charge is 0.497 e. The van der Waals surface area contributed by atoms with E-state index in [1.165, 1.54) is 7.11 Å². The summed E-state index contributed by atoms with van der Waals surface area (Å²) in [6.07, 6.45) is 0. The van der Waals surface area contributed by atoms with Crippen LogP contribution in [0.15, 0.2) is 30.3 Å². The van der Waals surface area contributed by atoms with Gasteiger partial charge in [0.2, 0.25) is 0 Å². The molecule has 0 N–H and O–H groups in total. The molecule has 0 aliphatic carbocycles. The van der Waals surface area contributed by atoms with E-state index >= 15 is 0 Å². The maximum absolute atomic E-state index is 13.0. The quantitative estimate of drug-likeness (QED) is 0.199. The molecule has 0 saturated carbocycles. The largest absolute Gasteiger partial charge is 0.534 e. The summed E-state index contributed by atoms with van der Waals surface area (Å²) in [6, 6.07) is 7.76. The molecule has 32 heavy (non-hydrogen) atoms. The van der Waals surface area contributed by atoms with Gasteiger partial charge in [-0.3, -0.25) is 0 Å². The van der Waals surface area contributed by atoms with Crippen LogP contribution in [-0.4, -0.2) is 29.1 Å². The van der Waals surface area contributed by atoms with E-state index in [9.17, 15) is 21.6 Å². The topological polar surface area (TPSA) is 52.6 Å². The summed E-state index contributed by atoms with van der Waals surface area (Å²) in [5.74, 6) is 2.90. The third-order valence-electron chi connectivity index (χ3n) is 5.91.